The van der Waals surface area contributed by atoms with Crippen LogP contribution in [0.1, 0.15) is 23.7 Å². The van der Waals surface area contributed by atoms with Crippen molar-refractivity contribution in [3.8, 4) is 0 Å². The molecule has 118 valence electrons. The maximum absolute atomic E-state index is 12.8. The third-order valence-electron chi connectivity index (χ3n) is 3.40. The molecule has 1 atom stereocenters. The Kier molecular flexibility index (Phi) is 4.54. The van der Waals surface area contributed by atoms with E-state index in [0.29, 0.717) is 5.56 Å². The molecule has 2 rings (SSSR count). The molecule has 1 aliphatic heterocycles. The lowest BCUT2D eigenvalue weighted by Gasteiger charge is -2.34. The van der Waals surface area contributed by atoms with Crippen molar-refractivity contribution in [1.29, 1.82) is 0 Å². The van der Waals surface area contributed by atoms with Gasteiger partial charge in [0.05, 0.1) is 6.04 Å². The molecule has 4 nitrogen and oxygen atoms in total. The minimum atomic E-state index is -4.65. The van der Waals surface area contributed by atoms with Crippen molar-refractivity contribution in [3.05, 3.63) is 47.7 Å². The molecular formula is C15H15F3N2O2. The van der Waals surface area contributed by atoms with E-state index in [9.17, 15) is 22.8 Å². The number of ketones is 1. The summed E-state index contributed by atoms with van der Waals surface area (Å²) < 4.78 is 38.4. The zero-order valence-electron chi connectivity index (χ0n) is 11.9. The first kappa shape index (κ1) is 16.1. The summed E-state index contributed by atoms with van der Waals surface area (Å²) >= 11 is 0. The van der Waals surface area contributed by atoms with Gasteiger partial charge in [-0.25, -0.2) is 4.79 Å². The predicted molar refractivity (Wildman–Crippen MR) is 74.2 cm³/mol. The minimum absolute atomic E-state index is 0.190. The van der Waals surface area contributed by atoms with Crippen LogP contribution < -0.4 is 5.32 Å². The van der Waals surface area contributed by atoms with Gasteiger partial charge in [-0.05, 0) is 13.0 Å². The Morgan fingerprint density at radius 1 is 1.27 bits per heavy atom. The van der Waals surface area contributed by atoms with Crippen LogP contribution in [0.2, 0.25) is 0 Å². The molecule has 2 amide bonds. The first-order valence-corrected chi connectivity index (χ1v) is 6.77. The third kappa shape index (κ3) is 3.47. The van der Waals surface area contributed by atoms with Gasteiger partial charge in [0.2, 0.25) is 0 Å². The fraction of sp³-hybridized carbons (Fsp3) is 0.333. The maximum atomic E-state index is 12.8. The lowest BCUT2D eigenvalue weighted by atomic mass is 10.0. The normalized spacial score (nSPS) is 18.7. The maximum Gasteiger partial charge on any atom is 0.431 e. The van der Waals surface area contributed by atoms with E-state index in [1.54, 1.807) is 37.3 Å². The molecule has 0 aromatic heterocycles. The molecule has 0 saturated heterocycles. The number of alkyl halides is 3. The number of halogens is 3. The standard InChI is InChI=1S/C15H15F3N2O2/c1-2-20-11(8-12(21)10-6-4-3-5-7-10)9-13(15(16,17)18)19-14(20)22/h3-7,9,11H,2,8H2,1H3,(H,19,22). The summed E-state index contributed by atoms with van der Waals surface area (Å²) in [5.74, 6) is -0.309. The fourth-order valence-corrected chi connectivity index (χ4v) is 2.31. The molecule has 1 unspecified atom stereocenters. The van der Waals surface area contributed by atoms with Gasteiger partial charge in [0.15, 0.2) is 5.78 Å². The largest absolute Gasteiger partial charge is 0.431 e. The van der Waals surface area contributed by atoms with E-state index in [1.807, 2.05) is 5.32 Å². The van der Waals surface area contributed by atoms with Gasteiger partial charge in [-0.3, -0.25) is 4.79 Å². The van der Waals surface area contributed by atoms with Crippen molar-refractivity contribution in [3.63, 3.8) is 0 Å². The summed E-state index contributed by atoms with van der Waals surface area (Å²) in [5.41, 5.74) is -0.709. The van der Waals surface area contributed by atoms with Crippen molar-refractivity contribution in [1.82, 2.24) is 10.2 Å². The van der Waals surface area contributed by atoms with E-state index >= 15 is 0 Å². The summed E-state index contributed by atoms with van der Waals surface area (Å²) in [6.07, 6.45) is -3.94. The van der Waals surface area contributed by atoms with Crippen LogP contribution in [-0.4, -0.2) is 35.5 Å². The van der Waals surface area contributed by atoms with Gasteiger partial charge < -0.3 is 10.2 Å². The number of hydrogen-bond acceptors (Lipinski definition) is 2. The number of rotatable bonds is 4. The van der Waals surface area contributed by atoms with Crippen LogP contribution in [0.4, 0.5) is 18.0 Å². The van der Waals surface area contributed by atoms with Gasteiger partial charge in [-0.15, -0.1) is 0 Å². The SMILES string of the molecule is CCN1C(=O)NC(C(F)(F)F)=CC1CC(=O)c1ccccc1. The number of benzene rings is 1. The molecular weight excluding hydrogens is 297 g/mol. The Hall–Kier alpha value is -2.31. The number of nitrogens with zero attached hydrogens (tertiary/aromatic N) is 1. The van der Waals surface area contributed by atoms with Crippen molar-refractivity contribution in [2.24, 2.45) is 0 Å². The second-order valence-corrected chi connectivity index (χ2v) is 4.85. The molecule has 0 saturated carbocycles. The van der Waals surface area contributed by atoms with Crippen molar-refractivity contribution in [2.45, 2.75) is 25.6 Å². The number of Topliss-reactive ketones (excluding diaryl/α,β-unsaturated/α-hetero) is 1. The Morgan fingerprint density at radius 2 is 1.91 bits per heavy atom. The van der Waals surface area contributed by atoms with Gasteiger partial charge in [0.1, 0.15) is 5.70 Å². The summed E-state index contributed by atoms with van der Waals surface area (Å²) in [6.45, 7) is 1.85. The van der Waals surface area contributed by atoms with Crippen LogP contribution in [0.25, 0.3) is 0 Å². The topological polar surface area (TPSA) is 49.4 Å². The number of hydrogen-bond donors (Lipinski definition) is 1. The second-order valence-electron chi connectivity index (χ2n) is 4.85. The van der Waals surface area contributed by atoms with Crippen LogP contribution in [-0.2, 0) is 0 Å². The molecule has 1 N–H and O–H groups in total. The Labute approximate surface area is 125 Å². The van der Waals surface area contributed by atoms with Crippen molar-refractivity contribution >= 4 is 11.8 Å². The van der Waals surface area contributed by atoms with Crippen LogP contribution in [0.3, 0.4) is 0 Å². The Morgan fingerprint density at radius 3 is 2.45 bits per heavy atom. The minimum Gasteiger partial charge on any atom is -0.318 e. The molecule has 0 fully saturated rings. The average Bonchev–Trinajstić information content (AvgIpc) is 2.47. The van der Waals surface area contributed by atoms with E-state index in [2.05, 4.69) is 0 Å². The number of nitrogens with one attached hydrogen (secondary N) is 1. The predicted octanol–water partition coefficient (Wildman–Crippen LogP) is 3.12. The smallest absolute Gasteiger partial charge is 0.318 e. The number of carbonyl (C=O) groups excluding carboxylic acids is 2. The number of amides is 2. The van der Waals surface area contributed by atoms with E-state index in [-0.39, 0.29) is 18.7 Å². The molecule has 1 heterocycles. The lowest BCUT2D eigenvalue weighted by molar-refractivity contribution is -0.0974. The fourth-order valence-electron chi connectivity index (χ4n) is 2.31. The first-order valence-electron chi connectivity index (χ1n) is 6.77. The summed E-state index contributed by atoms with van der Waals surface area (Å²) in [7, 11) is 0. The van der Waals surface area contributed by atoms with Gasteiger partial charge in [-0.1, -0.05) is 30.3 Å². The second kappa shape index (κ2) is 6.21. The molecule has 7 heteroatoms. The van der Waals surface area contributed by atoms with Gasteiger partial charge in [0, 0.05) is 18.5 Å². The van der Waals surface area contributed by atoms with Gasteiger partial charge in [-0.2, -0.15) is 13.2 Å². The number of carbonyl (C=O) groups is 2. The first-order chi connectivity index (χ1) is 10.3. The highest BCUT2D eigenvalue weighted by atomic mass is 19.4. The van der Waals surface area contributed by atoms with Crippen LogP contribution in [0.15, 0.2) is 42.1 Å². The van der Waals surface area contributed by atoms with Crippen molar-refractivity contribution < 1.29 is 22.8 Å². The van der Waals surface area contributed by atoms with Gasteiger partial charge >= 0.3 is 12.2 Å². The molecule has 0 bridgehead atoms. The Bertz CT molecular complexity index is 597. The third-order valence-corrected chi connectivity index (χ3v) is 3.40. The molecule has 22 heavy (non-hydrogen) atoms. The number of allylic oxidation sites excluding steroid dienone is 1. The molecule has 0 aliphatic carbocycles. The molecule has 1 aromatic rings. The monoisotopic (exact) mass is 312 g/mol. The quantitative estimate of drug-likeness (QED) is 0.869. The average molecular weight is 312 g/mol. The molecule has 0 radical (unpaired) electrons. The summed E-state index contributed by atoms with van der Waals surface area (Å²) in [5, 5.41) is 1.81. The molecule has 1 aromatic carbocycles. The Balaban J connectivity index is 2.25. The molecule has 1 aliphatic rings. The van der Waals surface area contributed by atoms with Gasteiger partial charge in [0.25, 0.3) is 0 Å². The summed E-state index contributed by atoms with van der Waals surface area (Å²) in [4.78, 5) is 25.1. The molecule has 0 spiro atoms. The number of likely N-dealkylation sites (N-methyl/N-ethyl adjacent to an activating group) is 1. The van der Waals surface area contributed by atoms with Crippen LogP contribution >= 0.6 is 0 Å². The van der Waals surface area contributed by atoms with E-state index < -0.39 is 23.9 Å². The lowest BCUT2D eigenvalue weighted by Crippen LogP contribution is -2.52. The highest BCUT2D eigenvalue weighted by Gasteiger charge is 2.40. The highest BCUT2D eigenvalue weighted by Crippen LogP contribution is 2.28. The van der Waals surface area contributed by atoms with Crippen LogP contribution in [0.5, 0.6) is 0 Å². The van der Waals surface area contributed by atoms with Crippen LogP contribution in [0, 0.1) is 0 Å². The zero-order chi connectivity index (χ0) is 16.3. The number of urea groups is 1. The van der Waals surface area contributed by atoms with E-state index in [0.717, 1.165) is 6.08 Å². The highest BCUT2D eigenvalue weighted by molar-refractivity contribution is 5.97. The summed E-state index contributed by atoms with van der Waals surface area (Å²) in [6, 6.07) is 6.52. The van der Waals surface area contributed by atoms with E-state index in [1.165, 1.54) is 4.90 Å². The van der Waals surface area contributed by atoms with Crippen molar-refractivity contribution in [2.75, 3.05) is 6.54 Å². The zero-order valence-corrected chi connectivity index (χ0v) is 11.9. The van der Waals surface area contributed by atoms with E-state index in [4.69, 9.17) is 0 Å².